The van der Waals surface area contributed by atoms with Crippen molar-refractivity contribution in [2.24, 2.45) is 11.7 Å². The van der Waals surface area contributed by atoms with Crippen molar-refractivity contribution in [3.63, 3.8) is 0 Å². The number of benzene rings is 2. The lowest BCUT2D eigenvalue weighted by atomic mass is 10.0. The fourth-order valence-corrected chi connectivity index (χ4v) is 8.82. The highest BCUT2D eigenvalue weighted by molar-refractivity contribution is 7.90. The molecule has 0 saturated heterocycles. The molecule has 0 aliphatic carbocycles. The maximum Gasteiger partial charge on any atom is 0.514 e. The van der Waals surface area contributed by atoms with Gasteiger partial charge in [0, 0.05) is 68.8 Å². The number of nitro groups is 1. The van der Waals surface area contributed by atoms with Gasteiger partial charge in [0.1, 0.15) is 43.4 Å². The van der Waals surface area contributed by atoms with Crippen molar-refractivity contribution >= 4 is 69.2 Å². The van der Waals surface area contributed by atoms with Crippen LogP contribution in [0.15, 0.2) is 66.1 Å². The number of aromatic nitrogens is 2. The number of nitrogens with one attached hydrogen (secondary N) is 6. The second-order valence-corrected chi connectivity index (χ2v) is 23.9. The zero-order valence-electron chi connectivity index (χ0n) is 56.9. The number of amides is 7. The first-order chi connectivity index (χ1) is 48.2. The highest BCUT2D eigenvalue weighted by Gasteiger charge is 2.32. The number of unbranched alkanes of at least 4 members (excludes halogenated alkanes) is 2. The Morgan fingerprint density at radius 2 is 1.09 bits per heavy atom. The molecule has 0 fully saturated rings. The van der Waals surface area contributed by atoms with Gasteiger partial charge < -0.3 is 99.3 Å². The van der Waals surface area contributed by atoms with Gasteiger partial charge in [0.25, 0.3) is 5.69 Å². The lowest BCUT2D eigenvalue weighted by molar-refractivity contribution is -0.384. The van der Waals surface area contributed by atoms with Crippen LogP contribution in [-0.2, 0) is 97.3 Å². The number of anilines is 1. The van der Waals surface area contributed by atoms with E-state index in [1.54, 1.807) is 26.0 Å². The van der Waals surface area contributed by atoms with Crippen molar-refractivity contribution in [3.05, 3.63) is 82.2 Å². The summed E-state index contributed by atoms with van der Waals surface area (Å²) < 4.78 is 87.9. The molecule has 556 valence electrons. The Labute approximate surface area is 581 Å². The van der Waals surface area contributed by atoms with Crippen LogP contribution in [0.5, 0.6) is 5.75 Å². The summed E-state index contributed by atoms with van der Waals surface area (Å²) in [5, 5.41) is 26.9. The maximum atomic E-state index is 14.2. The van der Waals surface area contributed by atoms with Crippen LogP contribution in [0.2, 0.25) is 0 Å². The van der Waals surface area contributed by atoms with Crippen molar-refractivity contribution in [2.75, 3.05) is 157 Å². The Kier molecular flexibility index (Phi) is 45.9. The van der Waals surface area contributed by atoms with Gasteiger partial charge in [-0.3, -0.25) is 34.1 Å². The minimum absolute atomic E-state index is 0.00927. The first-order valence-corrected chi connectivity index (χ1v) is 34.6. The second-order valence-electron chi connectivity index (χ2n) is 22.0. The Morgan fingerprint density at radius 3 is 1.59 bits per heavy atom. The smallest absolute Gasteiger partial charge is 0.429 e. The molecule has 1 heterocycles. The molecule has 0 bridgehead atoms. The van der Waals surface area contributed by atoms with Crippen molar-refractivity contribution in [2.45, 2.75) is 102 Å². The number of ether oxygens (including phenoxy) is 12. The fraction of sp³-hybridized carbons (Fsp3) is 0.600. The highest BCUT2D eigenvalue weighted by atomic mass is 32.2. The topological polar surface area (TPSA) is 449 Å². The molecule has 100 heavy (non-hydrogen) atoms. The van der Waals surface area contributed by atoms with Crippen molar-refractivity contribution < 1.29 is 109 Å². The average Bonchev–Trinajstić information content (AvgIpc) is 0.878. The van der Waals surface area contributed by atoms with Crippen LogP contribution in [0.25, 0.3) is 0 Å². The molecule has 0 saturated carbocycles. The van der Waals surface area contributed by atoms with Crippen molar-refractivity contribution in [3.8, 4) is 17.6 Å². The van der Waals surface area contributed by atoms with Crippen LogP contribution < -0.4 is 42.4 Å². The summed E-state index contributed by atoms with van der Waals surface area (Å²) in [5.74, 6) is 2.42. The predicted octanol–water partition coefficient (Wildman–Crippen LogP) is 2.26. The molecule has 8 N–H and O–H groups in total. The summed E-state index contributed by atoms with van der Waals surface area (Å²) in [7, 11) is -3.56. The van der Waals surface area contributed by atoms with Gasteiger partial charge in [-0.25, -0.2) is 28.0 Å². The van der Waals surface area contributed by atoms with E-state index < -0.39 is 74.6 Å². The standard InChI is InChI=1S/C65H96N10O24S/c1-49(2)59(62(81)73-56(12-9-24-68-63(66)82)60(79)71-52-16-14-50(15-17-52)48-98-65(83)99-54-20-18-53(19-21-54)75(84)85)74-61(80)55(11-7-8-23-67-57(77)13-6-4-5-10-51-46-69-64(70-47-51)100(3,86)87)72-58(78)22-26-88-28-30-90-32-34-92-36-38-94-40-42-96-44-45-97-43-41-95-39-37-93-35-33-91-31-29-89-27-25-76/h14-21,25,46-47,49,55-56,59H,4,6-9,11-13,22-24,26-45,48H2,1-3H3,(H,67,77)(H,71,79)(H,72,78)(H,73,81)(H,74,80)(H3,66,68,82)/t55-,56-,59-/m0/s1. The first kappa shape index (κ1) is 85.8. The number of sulfone groups is 1. The van der Waals surface area contributed by atoms with E-state index in [0.717, 1.165) is 6.26 Å². The van der Waals surface area contributed by atoms with Crippen LogP contribution in [0.3, 0.4) is 0 Å². The number of aldehydes is 1. The summed E-state index contributed by atoms with van der Waals surface area (Å²) in [5.41, 5.74) is 6.28. The summed E-state index contributed by atoms with van der Waals surface area (Å²) in [6, 6.07) is 6.63. The minimum atomic E-state index is -3.56. The van der Waals surface area contributed by atoms with Crippen LogP contribution >= 0.6 is 0 Å². The second kappa shape index (κ2) is 53.5. The number of urea groups is 1. The first-order valence-electron chi connectivity index (χ1n) is 32.7. The number of nitrogens with zero attached hydrogens (tertiary/aromatic N) is 3. The van der Waals surface area contributed by atoms with Gasteiger partial charge in [0.2, 0.25) is 44.5 Å². The van der Waals surface area contributed by atoms with Gasteiger partial charge in [-0.2, -0.15) is 0 Å². The minimum Gasteiger partial charge on any atom is -0.429 e. The van der Waals surface area contributed by atoms with E-state index in [2.05, 4.69) is 53.7 Å². The Balaban J connectivity index is 1.44. The molecule has 0 spiro atoms. The number of carbonyl (C=O) groups is 8. The Hall–Kier alpha value is -8.41. The molecule has 7 amide bonds. The number of nitrogens with two attached hydrogens (primary N) is 1. The zero-order valence-corrected chi connectivity index (χ0v) is 57.7. The summed E-state index contributed by atoms with van der Waals surface area (Å²) in [6.45, 7) is 10.1. The molecule has 1 aromatic heterocycles. The maximum absolute atomic E-state index is 14.2. The Morgan fingerprint density at radius 1 is 0.590 bits per heavy atom. The third kappa shape index (κ3) is 42.5. The number of hydrogen-bond acceptors (Lipinski definition) is 26. The number of carbonyl (C=O) groups excluding carboxylic acids is 8. The lowest BCUT2D eigenvalue weighted by Gasteiger charge is -2.27. The van der Waals surface area contributed by atoms with E-state index in [0.29, 0.717) is 148 Å². The predicted molar refractivity (Wildman–Crippen MR) is 358 cm³/mol. The number of rotatable bonds is 57. The monoisotopic (exact) mass is 1430 g/mol. The average molecular weight is 1430 g/mol. The molecule has 2 aromatic carbocycles. The van der Waals surface area contributed by atoms with Gasteiger partial charge in [-0.15, -0.1) is 0 Å². The van der Waals surface area contributed by atoms with Crippen LogP contribution in [0.4, 0.5) is 21.0 Å². The molecule has 35 heteroatoms. The number of primary amides is 1. The number of non-ortho nitro benzene ring substituents is 1. The third-order valence-electron chi connectivity index (χ3n) is 13.5. The van der Waals surface area contributed by atoms with Crippen LogP contribution in [0.1, 0.15) is 82.8 Å². The molecule has 3 rings (SSSR count). The summed E-state index contributed by atoms with van der Waals surface area (Å²) >= 11 is 0. The van der Waals surface area contributed by atoms with E-state index in [4.69, 9.17) is 62.6 Å². The number of nitro benzene ring substituents is 1. The van der Waals surface area contributed by atoms with Gasteiger partial charge in [0.05, 0.1) is 136 Å². The summed E-state index contributed by atoms with van der Waals surface area (Å²) in [4.78, 5) is 120. The SMILES string of the molecule is CC(C)[C@H](NC(=O)[C@H](CCCCNC(=O)CCCC#Cc1cnc(S(C)(=O)=O)nc1)NC(=O)CCOCCOCCOCCOCCOCCOCCOCCOCCOCCOCC=O)C(=O)N[C@@H](CCCNC(N)=O)C(=O)Nc1ccc(COC(=O)Oc2ccc([N+](=O)[O-])cc2)cc1. The van der Waals surface area contributed by atoms with Gasteiger partial charge in [-0.1, -0.05) is 37.8 Å². The molecule has 0 aliphatic rings. The third-order valence-corrected chi connectivity index (χ3v) is 14.3. The van der Waals surface area contributed by atoms with Crippen molar-refractivity contribution in [1.29, 1.82) is 0 Å². The molecule has 0 unspecified atom stereocenters. The van der Waals surface area contributed by atoms with Crippen LogP contribution in [-0.4, -0.2) is 241 Å². The van der Waals surface area contributed by atoms with E-state index in [9.17, 15) is 56.9 Å². The summed E-state index contributed by atoms with van der Waals surface area (Å²) in [6.07, 6.45) is 5.15. The normalized spacial score (nSPS) is 12.0. The van der Waals surface area contributed by atoms with E-state index >= 15 is 0 Å². The molecule has 0 radical (unpaired) electrons. The fourth-order valence-electron chi connectivity index (χ4n) is 8.33. The molecule has 3 aromatic rings. The molecular formula is C65H96N10O24S. The molecule has 0 aliphatic heterocycles. The molecule has 34 nitrogen and oxygen atoms in total. The lowest BCUT2D eigenvalue weighted by Crippen LogP contribution is -2.57. The number of hydrogen-bond donors (Lipinski definition) is 7. The van der Waals surface area contributed by atoms with Gasteiger partial charge in [-0.05, 0) is 74.3 Å². The van der Waals surface area contributed by atoms with E-state index in [1.807, 2.05) is 0 Å². The molecular weight excluding hydrogens is 1340 g/mol. The Bertz CT molecular complexity index is 3050. The van der Waals surface area contributed by atoms with Gasteiger partial charge in [0.15, 0.2) is 0 Å². The van der Waals surface area contributed by atoms with Crippen molar-refractivity contribution in [1.82, 2.24) is 36.6 Å². The largest absolute Gasteiger partial charge is 0.514 e. The van der Waals surface area contributed by atoms with E-state index in [1.165, 1.54) is 48.8 Å². The zero-order chi connectivity index (χ0) is 72.9. The highest BCUT2D eigenvalue weighted by Crippen LogP contribution is 2.19. The quantitative estimate of drug-likeness (QED) is 0.00623. The van der Waals surface area contributed by atoms with Crippen LogP contribution in [0, 0.1) is 27.9 Å². The molecule has 3 atom stereocenters. The van der Waals surface area contributed by atoms with E-state index in [-0.39, 0.29) is 107 Å². The van der Waals surface area contributed by atoms with Gasteiger partial charge >= 0.3 is 12.2 Å².